The van der Waals surface area contributed by atoms with Crippen LogP contribution in [0.15, 0.2) is 42.6 Å². The van der Waals surface area contributed by atoms with Gasteiger partial charge in [-0.05, 0) is 37.3 Å². The van der Waals surface area contributed by atoms with Gasteiger partial charge in [-0.15, -0.1) is 0 Å². The molecule has 2 aromatic heterocycles. The molecule has 0 unspecified atom stereocenters. The van der Waals surface area contributed by atoms with Crippen molar-refractivity contribution >= 4 is 22.5 Å². The molecule has 0 saturated heterocycles. The zero-order valence-corrected chi connectivity index (χ0v) is 11.7. The van der Waals surface area contributed by atoms with E-state index in [0.717, 1.165) is 16.6 Å². The monoisotopic (exact) mass is 280 g/mol. The lowest BCUT2D eigenvalue weighted by Crippen LogP contribution is -2.14. The molecule has 0 aliphatic heterocycles. The maximum Gasteiger partial charge on any atom is 0.262 e. The van der Waals surface area contributed by atoms with Gasteiger partial charge in [0.1, 0.15) is 0 Å². The van der Waals surface area contributed by atoms with Crippen LogP contribution in [-0.4, -0.2) is 15.5 Å². The van der Waals surface area contributed by atoms with E-state index in [2.05, 4.69) is 4.98 Å². The molecule has 1 aromatic carbocycles. The van der Waals surface area contributed by atoms with Gasteiger partial charge in [0.2, 0.25) is 0 Å². The summed E-state index contributed by atoms with van der Waals surface area (Å²) in [6.45, 7) is 2.20. The molecular formula is C16H16N4O. The smallest absolute Gasteiger partial charge is 0.262 e. The van der Waals surface area contributed by atoms with Crippen LogP contribution >= 0.6 is 0 Å². The molecule has 0 amide bonds. The molecule has 3 aromatic rings. The number of hydrogen-bond donors (Lipinski definition) is 2. The third-order valence-corrected chi connectivity index (χ3v) is 3.54. The molecular weight excluding hydrogens is 264 g/mol. The molecule has 0 bridgehead atoms. The molecule has 106 valence electrons. The van der Waals surface area contributed by atoms with Crippen molar-refractivity contribution in [2.75, 3.05) is 5.73 Å². The predicted octanol–water partition coefficient (Wildman–Crippen LogP) is 2.07. The molecule has 0 spiro atoms. The van der Waals surface area contributed by atoms with Gasteiger partial charge in [-0.25, -0.2) is 0 Å². The van der Waals surface area contributed by atoms with Gasteiger partial charge in [0.05, 0.1) is 11.2 Å². The van der Waals surface area contributed by atoms with Crippen molar-refractivity contribution < 1.29 is 4.79 Å². The molecule has 5 nitrogen and oxygen atoms in total. The predicted molar refractivity (Wildman–Crippen MR) is 82.9 cm³/mol. The summed E-state index contributed by atoms with van der Waals surface area (Å²) < 4.78 is 1.67. The summed E-state index contributed by atoms with van der Waals surface area (Å²) in [4.78, 5) is 16.9. The van der Waals surface area contributed by atoms with Crippen LogP contribution in [0.3, 0.4) is 0 Å². The second kappa shape index (κ2) is 5.03. The summed E-state index contributed by atoms with van der Waals surface area (Å²) in [5.41, 5.74) is 15.1. The molecule has 2 heterocycles. The fourth-order valence-corrected chi connectivity index (χ4v) is 2.51. The number of nitrogen functional groups attached to an aromatic ring is 1. The highest BCUT2D eigenvalue weighted by Crippen LogP contribution is 2.25. The topological polar surface area (TPSA) is 86.9 Å². The summed E-state index contributed by atoms with van der Waals surface area (Å²) >= 11 is 0. The Kier molecular flexibility index (Phi) is 3.19. The van der Waals surface area contributed by atoms with Crippen LogP contribution in [0.1, 0.15) is 21.7 Å². The molecule has 3 rings (SSSR count). The fraction of sp³-hybridized carbons (Fsp3) is 0.125. The molecule has 0 aliphatic carbocycles. The number of rotatable bonds is 2. The Bertz CT molecular complexity index is 835. The van der Waals surface area contributed by atoms with Gasteiger partial charge in [0, 0.05) is 35.1 Å². The number of carbonyl (C=O) groups excluding carboxylic acids is 1. The van der Waals surface area contributed by atoms with Crippen LogP contribution in [-0.2, 0) is 6.54 Å². The molecule has 0 aliphatic rings. The Morgan fingerprint density at radius 3 is 2.86 bits per heavy atom. The maximum atomic E-state index is 12.8. The van der Waals surface area contributed by atoms with E-state index < -0.39 is 0 Å². The number of anilines is 1. The van der Waals surface area contributed by atoms with E-state index in [4.69, 9.17) is 11.5 Å². The number of nitrogens with zero attached hydrogens (tertiary/aromatic N) is 2. The average molecular weight is 280 g/mol. The van der Waals surface area contributed by atoms with Gasteiger partial charge in [-0.3, -0.25) is 14.3 Å². The van der Waals surface area contributed by atoms with Gasteiger partial charge < -0.3 is 11.5 Å². The van der Waals surface area contributed by atoms with E-state index in [9.17, 15) is 4.79 Å². The van der Waals surface area contributed by atoms with Crippen molar-refractivity contribution in [3.63, 3.8) is 0 Å². The van der Waals surface area contributed by atoms with Crippen LogP contribution in [0.2, 0.25) is 0 Å². The normalized spacial score (nSPS) is 11.0. The van der Waals surface area contributed by atoms with Crippen LogP contribution < -0.4 is 11.5 Å². The number of fused-ring (bicyclic) bond motifs is 1. The molecule has 0 saturated carbocycles. The van der Waals surface area contributed by atoms with Crippen molar-refractivity contribution in [3.05, 3.63) is 59.5 Å². The van der Waals surface area contributed by atoms with Crippen molar-refractivity contribution in [1.82, 2.24) is 9.55 Å². The minimum absolute atomic E-state index is 0.106. The van der Waals surface area contributed by atoms with Crippen molar-refractivity contribution in [2.24, 2.45) is 5.73 Å². The zero-order valence-electron chi connectivity index (χ0n) is 11.7. The number of pyridine rings is 1. The Balaban J connectivity index is 2.17. The lowest BCUT2D eigenvalue weighted by atomic mass is 10.2. The number of aromatic nitrogens is 2. The lowest BCUT2D eigenvalue weighted by molar-refractivity contribution is 0.0963. The largest absolute Gasteiger partial charge is 0.398 e. The maximum absolute atomic E-state index is 12.8. The Labute approximate surface area is 122 Å². The van der Waals surface area contributed by atoms with Crippen LogP contribution in [0, 0.1) is 6.92 Å². The summed E-state index contributed by atoms with van der Waals surface area (Å²) in [5.74, 6) is -0.106. The average Bonchev–Trinajstić information content (AvgIpc) is 2.84. The van der Waals surface area contributed by atoms with Crippen LogP contribution in [0.5, 0.6) is 0 Å². The summed E-state index contributed by atoms with van der Waals surface area (Å²) in [5, 5.41) is 0.886. The van der Waals surface area contributed by atoms with Crippen LogP contribution in [0.4, 0.5) is 5.69 Å². The van der Waals surface area contributed by atoms with Crippen LogP contribution in [0.25, 0.3) is 10.9 Å². The Morgan fingerprint density at radius 2 is 2.10 bits per heavy atom. The summed E-state index contributed by atoms with van der Waals surface area (Å²) in [7, 11) is 0. The van der Waals surface area contributed by atoms with E-state index in [-0.39, 0.29) is 5.91 Å². The first-order chi connectivity index (χ1) is 10.1. The lowest BCUT2D eigenvalue weighted by Gasteiger charge is -2.08. The standard InChI is InChI=1S/C16H16N4O/c1-10-7-13-14(18)3-2-4-15(13)20(10)16(21)11-5-6-19-12(8-11)9-17/h2-8H,9,17-18H2,1H3. The highest BCUT2D eigenvalue weighted by atomic mass is 16.2. The first-order valence-electron chi connectivity index (χ1n) is 6.68. The number of nitrogens with two attached hydrogens (primary N) is 2. The zero-order chi connectivity index (χ0) is 15.0. The SMILES string of the molecule is Cc1cc2c(N)cccc2n1C(=O)c1ccnc(CN)c1. The second-order valence-corrected chi connectivity index (χ2v) is 4.95. The third kappa shape index (κ3) is 2.17. The van der Waals surface area contributed by atoms with Crippen molar-refractivity contribution in [1.29, 1.82) is 0 Å². The minimum Gasteiger partial charge on any atom is -0.398 e. The molecule has 21 heavy (non-hydrogen) atoms. The third-order valence-electron chi connectivity index (χ3n) is 3.54. The van der Waals surface area contributed by atoms with Gasteiger partial charge in [0.15, 0.2) is 0 Å². The van der Waals surface area contributed by atoms with E-state index in [0.29, 0.717) is 23.5 Å². The van der Waals surface area contributed by atoms with Gasteiger partial charge in [0.25, 0.3) is 5.91 Å². The second-order valence-electron chi connectivity index (χ2n) is 4.95. The first kappa shape index (κ1) is 13.3. The summed E-state index contributed by atoms with van der Waals surface area (Å²) in [6.07, 6.45) is 1.60. The highest BCUT2D eigenvalue weighted by molar-refractivity contribution is 6.05. The number of carbonyl (C=O) groups is 1. The van der Waals surface area contributed by atoms with Gasteiger partial charge in [-0.1, -0.05) is 6.07 Å². The summed E-state index contributed by atoms with van der Waals surface area (Å²) in [6, 6.07) is 10.9. The number of aryl methyl sites for hydroxylation is 1. The fourth-order valence-electron chi connectivity index (χ4n) is 2.51. The number of benzene rings is 1. The van der Waals surface area contributed by atoms with E-state index in [1.165, 1.54) is 0 Å². The van der Waals surface area contributed by atoms with E-state index in [1.54, 1.807) is 22.9 Å². The number of hydrogen-bond acceptors (Lipinski definition) is 4. The highest BCUT2D eigenvalue weighted by Gasteiger charge is 2.16. The van der Waals surface area contributed by atoms with Crippen molar-refractivity contribution in [3.8, 4) is 0 Å². The molecule has 5 heteroatoms. The van der Waals surface area contributed by atoms with Gasteiger partial charge >= 0.3 is 0 Å². The molecule has 0 fully saturated rings. The molecule has 4 N–H and O–H groups in total. The van der Waals surface area contributed by atoms with Crippen molar-refractivity contribution in [2.45, 2.75) is 13.5 Å². The molecule has 0 atom stereocenters. The quantitative estimate of drug-likeness (QED) is 0.703. The van der Waals surface area contributed by atoms with E-state index >= 15 is 0 Å². The molecule has 0 radical (unpaired) electrons. The Hall–Kier alpha value is -2.66. The first-order valence-corrected chi connectivity index (χ1v) is 6.68. The van der Waals surface area contributed by atoms with Gasteiger partial charge in [-0.2, -0.15) is 0 Å². The Morgan fingerprint density at radius 1 is 1.29 bits per heavy atom. The minimum atomic E-state index is -0.106. The van der Waals surface area contributed by atoms with E-state index in [1.807, 2.05) is 31.2 Å².